The molecule has 0 aromatic heterocycles. The van der Waals surface area contributed by atoms with Crippen LogP contribution in [0.3, 0.4) is 0 Å². The van der Waals surface area contributed by atoms with Crippen LogP contribution in [-0.4, -0.2) is 18.7 Å². The van der Waals surface area contributed by atoms with Crippen LogP contribution in [-0.2, 0) is 14.3 Å². The zero-order valence-electron chi connectivity index (χ0n) is 12.4. The van der Waals surface area contributed by atoms with Gasteiger partial charge in [0.1, 0.15) is 5.76 Å². The lowest BCUT2D eigenvalue weighted by molar-refractivity contribution is -0.132. The molecule has 0 radical (unpaired) electrons. The van der Waals surface area contributed by atoms with Crippen molar-refractivity contribution in [2.75, 3.05) is 6.61 Å². The molecule has 3 nitrogen and oxygen atoms in total. The lowest BCUT2D eigenvalue weighted by Crippen LogP contribution is -2.41. The number of ether oxygens (including phenoxy) is 2. The van der Waals surface area contributed by atoms with Gasteiger partial charge < -0.3 is 9.47 Å². The van der Waals surface area contributed by atoms with Gasteiger partial charge in [-0.15, -0.1) is 0 Å². The van der Waals surface area contributed by atoms with Crippen molar-refractivity contribution in [1.82, 2.24) is 0 Å². The molecule has 3 heteroatoms. The fraction of sp³-hybridized carbons (Fsp3) is 0.588. The summed E-state index contributed by atoms with van der Waals surface area (Å²) in [7, 11) is 0. The zero-order valence-corrected chi connectivity index (χ0v) is 12.4. The average molecular weight is 274 g/mol. The first kappa shape index (κ1) is 13.6. The maximum atomic E-state index is 11.4. The second kappa shape index (κ2) is 4.88. The highest BCUT2D eigenvalue weighted by atomic mass is 16.5. The molecule has 0 bridgehead atoms. The number of fused-ring (bicyclic) bond motifs is 2. The molecule has 3 rings (SSSR count). The third-order valence-electron chi connectivity index (χ3n) is 4.99. The molecule has 0 aromatic rings. The van der Waals surface area contributed by atoms with E-state index in [0.717, 1.165) is 37.2 Å². The molecule has 0 aromatic carbocycles. The number of hydrogen-bond acceptors (Lipinski definition) is 3. The first-order valence-electron chi connectivity index (χ1n) is 7.51. The van der Waals surface area contributed by atoms with Crippen molar-refractivity contribution < 1.29 is 14.3 Å². The summed E-state index contributed by atoms with van der Waals surface area (Å²) < 4.78 is 11.3. The van der Waals surface area contributed by atoms with Crippen LogP contribution in [0, 0.1) is 11.3 Å². The molecule has 2 aliphatic carbocycles. The first-order valence-corrected chi connectivity index (χ1v) is 7.51. The Hall–Kier alpha value is -1.35. The Bertz CT molecular complexity index is 526. The summed E-state index contributed by atoms with van der Waals surface area (Å²) in [5, 5.41) is 0. The summed E-state index contributed by atoms with van der Waals surface area (Å²) in [4.78, 5) is 11.4. The Morgan fingerprint density at radius 1 is 1.45 bits per heavy atom. The lowest BCUT2D eigenvalue weighted by atomic mass is 9.60. The minimum atomic E-state index is -0.236. The molecule has 0 spiro atoms. The van der Waals surface area contributed by atoms with E-state index in [9.17, 15) is 4.79 Å². The number of hydrogen-bond donors (Lipinski definition) is 0. The summed E-state index contributed by atoms with van der Waals surface area (Å²) in [5.41, 5.74) is 2.38. The number of allylic oxidation sites excluding steroid dienone is 3. The van der Waals surface area contributed by atoms with Crippen LogP contribution in [0.15, 0.2) is 35.1 Å². The lowest BCUT2D eigenvalue weighted by Gasteiger charge is -2.46. The molecular weight excluding hydrogens is 252 g/mol. The van der Waals surface area contributed by atoms with Crippen LogP contribution in [0.25, 0.3) is 0 Å². The largest absolute Gasteiger partial charge is 0.423 e. The van der Waals surface area contributed by atoms with E-state index in [1.165, 1.54) is 5.57 Å². The molecule has 3 aliphatic rings. The quantitative estimate of drug-likeness (QED) is 0.739. The standard InChI is InChI=1S/C17H22O3/c1-4-7-19-14-6-5-13-9-15-12(8-16(18)20-15)10-17(13,3)11(14)2/h5,8-9,11,14H,4,6-7,10H2,1-3H3/t11-,14-,17+/m0/s1. The SMILES string of the molecule is CCCO[C@H]1CC=C2C=C3OC(=O)C=C3C[C@]2(C)[C@H]1C. The van der Waals surface area contributed by atoms with Crippen molar-refractivity contribution in [1.29, 1.82) is 0 Å². The molecule has 0 fully saturated rings. The Labute approximate surface area is 120 Å². The van der Waals surface area contributed by atoms with Gasteiger partial charge in [0.05, 0.1) is 6.10 Å². The summed E-state index contributed by atoms with van der Waals surface area (Å²) in [6.07, 6.45) is 9.08. The Kier molecular flexibility index (Phi) is 3.33. The van der Waals surface area contributed by atoms with Gasteiger partial charge in [-0.3, -0.25) is 0 Å². The smallest absolute Gasteiger partial charge is 0.336 e. The first-order chi connectivity index (χ1) is 9.54. The number of rotatable bonds is 3. The number of carbonyl (C=O) groups excluding carboxylic acids is 1. The van der Waals surface area contributed by atoms with Gasteiger partial charge in [0, 0.05) is 23.7 Å². The van der Waals surface area contributed by atoms with E-state index in [4.69, 9.17) is 9.47 Å². The van der Waals surface area contributed by atoms with Gasteiger partial charge >= 0.3 is 5.97 Å². The van der Waals surface area contributed by atoms with Gasteiger partial charge in [0.15, 0.2) is 0 Å². The van der Waals surface area contributed by atoms with E-state index < -0.39 is 0 Å². The highest BCUT2D eigenvalue weighted by Crippen LogP contribution is 2.52. The average Bonchev–Trinajstić information content (AvgIpc) is 2.75. The van der Waals surface area contributed by atoms with Gasteiger partial charge in [0.25, 0.3) is 0 Å². The summed E-state index contributed by atoms with van der Waals surface area (Å²) >= 11 is 0. The predicted molar refractivity (Wildman–Crippen MR) is 76.9 cm³/mol. The molecule has 1 heterocycles. The summed E-state index contributed by atoms with van der Waals surface area (Å²) in [5.74, 6) is 0.947. The van der Waals surface area contributed by atoms with Crippen molar-refractivity contribution in [3.8, 4) is 0 Å². The molecule has 0 saturated carbocycles. The second-order valence-corrected chi connectivity index (χ2v) is 6.29. The van der Waals surface area contributed by atoms with E-state index >= 15 is 0 Å². The molecular formula is C17H22O3. The van der Waals surface area contributed by atoms with E-state index in [2.05, 4.69) is 26.8 Å². The normalized spacial score (nSPS) is 35.5. The number of esters is 1. The molecule has 0 unspecified atom stereocenters. The minimum Gasteiger partial charge on any atom is -0.423 e. The van der Waals surface area contributed by atoms with E-state index in [1.807, 2.05) is 6.08 Å². The summed E-state index contributed by atoms with van der Waals surface area (Å²) in [6, 6.07) is 0. The van der Waals surface area contributed by atoms with Crippen LogP contribution in [0.4, 0.5) is 0 Å². The van der Waals surface area contributed by atoms with E-state index in [1.54, 1.807) is 6.08 Å². The van der Waals surface area contributed by atoms with Crippen molar-refractivity contribution in [3.63, 3.8) is 0 Å². The molecule has 20 heavy (non-hydrogen) atoms. The third kappa shape index (κ3) is 2.05. The molecule has 0 amide bonds. The Morgan fingerprint density at radius 2 is 2.25 bits per heavy atom. The van der Waals surface area contributed by atoms with Crippen molar-refractivity contribution in [2.45, 2.75) is 46.1 Å². The second-order valence-electron chi connectivity index (χ2n) is 6.29. The molecule has 1 aliphatic heterocycles. The fourth-order valence-corrected chi connectivity index (χ4v) is 3.54. The van der Waals surface area contributed by atoms with Crippen LogP contribution in [0.5, 0.6) is 0 Å². The fourth-order valence-electron chi connectivity index (χ4n) is 3.54. The Morgan fingerprint density at radius 3 is 3.00 bits per heavy atom. The Balaban J connectivity index is 1.91. The maximum absolute atomic E-state index is 11.4. The van der Waals surface area contributed by atoms with Crippen molar-refractivity contribution in [2.24, 2.45) is 11.3 Å². The van der Waals surface area contributed by atoms with Crippen molar-refractivity contribution in [3.05, 3.63) is 35.1 Å². The van der Waals surface area contributed by atoms with Gasteiger partial charge in [-0.25, -0.2) is 4.79 Å². The van der Waals surface area contributed by atoms with E-state index in [-0.39, 0.29) is 17.5 Å². The van der Waals surface area contributed by atoms with Crippen LogP contribution in [0.1, 0.15) is 40.0 Å². The third-order valence-corrected chi connectivity index (χ3v) is 4.99. The van der Waals surface area contributed by atoms with Gasteiger partial charge in [0.2, 0.25) is 0 Å². The molecule has 3 atom stereocenters. The topological polar surface area (TPSA) is 35.5 Å². The highest BCUT2D eigenvalue weighted by Gasteiger charge is 2.46. The monoisotopic (exact) mass is 274 g/mol. The van der Waals surface area contributed by atoms with Crippen molar-refractivity contribution >= 4 is 5.97 Å². The minimum absolute atomic E-state index is 0.0416. The van der Waals surface area contributed by atoms with Gasteiger partial charge in [-0.1, -0.05) is 26.8 Å². The zero-order chi connectivity index (χ0) is 14.3. The molecule has 0 saturated heterocycles. The van der Waals surface area contributed by atoms with Crippen LogP contribution >= 0.6 is 0 Å². The maximum Gasteiger partial charge on any atom is 0.336 e. The molecule has 0 N–H and O–H groups in total. The van der Waals surface area contributed by atoms with Crippen LogP contribution in [0.2, 0.25) is 0 Å². The molecule has 108 valence electrons. The van der Waals surface area contributed by atoms with Crippen LogP contribution < -0.4 is 0 Å². The predicted octanol–water partition coefficient (Wildman–Crippen LogP) is 3.52. The van der Waals surface area contributed by atoms with Gasteiger partial charge in [-0.05, 0) is 36.8 Å². The number of carbonyl (C=O) groups is 1. The van der Waals surface area contributed by atoms with E-state index in [0.29, 0.717) is 5.92 Å². The highest BCUT2D eigenvalue weighted by molar-refractivity contribution is 5.88. The van der Waals surface area contributed by atoms with Gasteiger partial charge in [-0.2, -0.15) is 0 Å². The summed E-state index contributed by atoms with van der Waals surface area (Å²) in [6.45, 7) is 7.50.